The Morgan fingerprint density at radius 3 is 2.81 bits per heavy atom. The third-order valence-electron chi connectivity index (χ3n) is 7.09. The number of halogens is 3. The standard InChI is InChI=1S/C24H29F3N4O/c1-23(2)18-8-7-17(21(23)14-18)15-31(11-4-10-30-12-9-28-16-30)22(32)29-20-6-3-5-19(13-20)24(25,26)27/h3,5-7,9,12-13,16,18,21H,4,8,10-11,14-15H2,1-2H3,(H,29,32). The molecule has 3 aliphatic carbocycles. The van der Waals surface area contributed by atoms with E-state index in [4.69, 9.17) is 0 Å². The summed E-state index contributed by atoms with van der Waals surface area (Å²) < 4.78 is 41.1. The van der Waals surface area contributed by atoms with E-state index >= 15 is 0 Å². The zero-order valence-electron chi connectivity index (χ0n) is 18.4. The summed E-state index contributed by atoms with van der Waals surface area (Å²) in [7, 11) is 0. The monoisotopic (exact) mass is 446 g/mol. The van der Waals surface area contributed by atoms with E-state index in [9.17, 15) is 18.0 Å². The van der Waals surface area contributed by atoms with Crippen LogP contribution in [0, 0.1) is 17.3 Å². The number of aromatic nitrogens is 2. The fourth-order valence-corrected chi connectivity index (χ4v) is 4.97. The van der Waals surface area contributed by atoms with Gasteiger partial charge in [0.2, 0.25) is 0 Å². The van der Waals surface area contributed by atoms with Crippen LogP contribution >= 0.6 is 0 Å². The van der Waals surface area contributed by atoms with Crippen molar-refractivity contribution in [3.63, 3.8) is 0 Å². The molecule has 2 unspecified atom stereocenters. The van der Waals surface area contributed by atoms with Crippen molar-refractivity contribution in [3.8, 4) is 0 Å². The third-order valence-corrected chi connectivity index (χ3v) is 7.09. The van der Waals surface area contributed by atoms with E-state index in [1.807, 2.05) is 10.8 Å². The molecule has 2 atom stereocenters. The van der Waals surface area contributed by atoms with Crippen molar-refractivity contribution < 1.29 is 18.0 Å². The van der Waals surface area contributed by atoms with Crippen LogP contribution in [-0.4, -0.2) is 33.6 Å². The molecule has 32 heavy (non-hydrogen) atoms. The molecule has 2 bridgehead atoms. The number of imidazole rings is 1. The molecule has 1 aromatic carbocycles. The average Bonchev–Trinajstić information content (AvgIpc) is 3.26. The van der Waals surface area contributed by atoms with Crippen LogP contribution in [-0.2, 0) is 12.7 Å². The van der Waals surface area contributed by atoms with Gasteiger partial charge in [0.25, 0.3) is 0 Å². The van der Waals surface area contributed by atoms with Gasteiger partial charge in [-0.3, -0.25) is 0 Å². The molecule has 5 rings (SSSR count). The maximum Gasteiger partial charge on any atom is 0.416 e. The number of nitrogens with zero attached hydrogens (tertiary/aromatic N) is 3. The fraction of sp³-hybridized carbons (Fsp3) is 0.500. The summed E-state index contributed by atoms with van der Waals surface area (Å²) in [6, 6.07) is 4.38. The molecule has 1 fully saturated rings. The Balaban J connectivity index is 1.46. The van der Waals surface area contributed by atoms with Crippen LogP contribution in [0.15, 0.2) is 54.6 Å². The number of anilines is 1. The second kappa shape index (κ2) is 8.64. The quantitative estimate of drug-likeness (QED) is 0.545. The zero-order valence-corrected chi connectivity index (χ0v) is 18.4. The van der Waals surface area contributed by atoms with Crippen molar-refractivity contribution in [2.75, 3.05) is 18.4 Å². The van der Waals surface area contributed by atoms with Gasteiger partial charge in [0.15, 0.2) is 0 Å². The van der Waals surface area contributed by atoms with Crippen molar-refractivity contribution in [1.29, 1.82) is 0 Å². The predicted octanol–water partition coefficient (Wildman–Crippen LogP) is 5.82. The highest BCUT2D eigenvalue weighted by atomic mass is 19.4. The van der Waals surface area contributed by atoms with Gasteiger partial charge in [-0.15, -0.1) is 0 Å². The Labute approximate surface area is 186 Å². The number of hydrogen-bond donors (Lipinski definition) is 1. The average molecular weight is 447 g/mol. The van der Waals surface area contributed by atoms with E-state index < -0.39 is 11.7 Å². The summed E-state index contributed by atoms with van der Waals surface area (Å²) in [4.78, 5) is 18.9. The van der Waals surface area contributed by atoms with Crippen LogP contribution in [0.2, 0.25) is 0 Å². The van der Waals surface area contributed by atoms with Crippen LogP contribution < -0.4 is 5.32 Å². The molecule has 1 aromatic heterocycles. The molecule has 2 aromatic rings. The summed E-state index contributed by atoms with van der Waals surface area (Å²) in [6.07, 6.45) is 6.00. The summed E-state index contributed by atoms with van der Waals surface area (Å²) in [5.74, 6) is 1.16. The Morgan fingerprint density at radius 2 is 2.16 bits per heavy atom. The first-order chi connectivity index (χ1) is 15.1. The summed E-state index contributed by atoms with van der Waals surface area (Å²) in [5, 5.41) is 2.68. The lowest BCUT2D eigenvalue weighted by Crippen LogP contribution is -2.50. The molecular weight excluding hydrogens is 417 g/mol. The highest BCUT2D eigenvalue weighted by Crippen LogP contribution is 2.59. The zero-order chi connectivity index (χ0) is 22.9. The molecule has 0 saturated heterocycles. The van der Waals surface area contributed by atoms with Gasteiger partial charge >= 0.3 is 12.2 Å². The molecule has 172 valence electrons. The van der Waals surface area contributed by atoms with Gasteiger partial charge in [-0.25, -0.2) is 9.78 Å². The number of benzene rings is 1. The molecule has 1 N–H and O–H groups in total. The van der Waals surface area contributed by atoms with Crippen LogP contribution in [0.4, 0.5) is 23.7 Å². The number of nitrogens with one attached hydrogen (secondary N) is 1. The van der Waals surface area contributed by atoms with Gasteiger partial charge in [-0.1, -0.05) is 31.6 Å². The number of rotatable bonds is 7. The first kappa shape index (κ1) is 22.4. The summed E-state index contributed by atoms with van der Waals surface area (Å²) >= 11 is 0. The number of carbonyl (C=O) groups is 1. The minimum absolute atomic E-state index is 0.145. The van der Waals surface area contributed by atoms with E-state index in [0.717, 1.165) is 31.4 Å². The molecule has 1 heterocycles. The maximum atomic E-state index is 13.1. The van der Waals surface area contributed by atoms with Gasteiger partial charge in [-0.2, -0.15) is 13.2 Å². The predicted molar refractivity (Wildman–Crippen MR) is 117 cm³/mol. The molecular formula is C24H29F3N4O. The minimum atomic E-state index is -4.45. The number of aryl methyl sites for hydroxylation is 1. The molecule has 3 aliphatic rings. The van der Waals surface area contributed by atoms with Crippen molar-refractivity contribution in [2.24, 2.45) is 17.3 Å². The Bertz CT molecular complexity index is 981. The fourth-order valence-electron chi connectivity index (χ4n) is 4.97. The number of amides is 2. The van der Waals surface area contributed by atoms with E-state index in [0.29, 0.717) is 31.5 Å². The molecule has 1 saturated carbocycles. The largest absolute Gasteiger partial charge is 0.416 e. The lowest BCUT2D eigenvalue weighted by molar-refractivity contribution is -0.137. The van der Waals surface area contributed by atoms with E-state index in [1.54, 1.807) is 17.4 Å². The van der Waals surface area contributed by atoms with Gasteiger partial charge < -0.3 is 14.8 Å². The molecule has 2 amide bonds. The van der Waals surface area contributed by atoms with Crippen molar-refractivity contribution in [3.05, 3.63) is 60.2 Å². The van der Waals surface area contributed by atoms with Gasteiger partial charge in [-0.05, 0) is 54.7 Å². The van der Waals surface area contributed by atoms with Crippen molar-refractivity contribution in [2.45, 2.75) is 45.8 Å². The van der Waals surface area contributed by atoms with E-state index in [1.165, 1.54) is 17.7 Å². The highest BCUT2D eigenvalue weighted by molar-refractivity contribution is 5.89. The number of urea groups is 1. The maximum absolute atomic E-state index is 13.1. The number of hydrogen-bond acceptors (Lipinski definition) is 2. The van der Waals surface area contributed by atoms with Crippen LogP contribution in [0.25, 0.3) is 0 Å². The molecule has 0 aliphatic heterocycles. The van der Waals surface area contributed by atoms with Crippen LogP contribution in [0.1, 0.15) is 38.7 Å². The highest BCUT2D eigenvalue weighted by Gasteiger charge is 2.51. The Hall–Kier alpha value is -2.77. The summed E-state index contributed by atoms with van der Waals surface area (Å²) in [6.45, 7) is 6.27. The van der Waals surface area contributed by atoms with Gasteiger partial charge in [0, 0.05) is 37.7 Å². The first-order valence-corrected chi connectivity index (χ1v) is 11.0. The van der Waals surface area contributed by atoms with Crippen LogP contribution in [0.5, 0.6) is 0 Å². The minimum Gasteiger partial charge on any atom is -0.337 e. The number of allylic oxidation sites excluding steroid dienone is 1. The molecule has 0 spiro atoms. The van der Waals surface area contributed by atoms with E-state index in [2.05, 4.69) is 30.2 Å². The smallest absolute Gasteiger partial charge is 0.337 e. The normalized spacial score (nSPS) is 21.5. The topological polar surface area (TPSA) is 50.2 Å². The van der Waals surface area contributed by atoms with Gasteiger partial charge in [0.1, 0.15) is 0 Å². The van der Waals surface area contributed by atoms with E-state index in [-0.39, 0.29) is 17.1 Å². The number of alkyl halides is 3. The second-order valence-corrected chi connectivity index (χ2v) is 9.41. The third kappa shape index (κ3) is 4.69. The van der Waals surface area contributed by atoms with Gasteiger partial charge in [0.05, 0.1) is 11.9 Å². The lowest BCUT2D eigenvalue weighted by atomic mass is 9.49. The first-order valence-electron chi connectivity index (χ1n) is 11.0. The Kier molecular flexibility index (Phi) is 6.05. The van der Waals surface area contributed by atoms with Crippen molar-refractivity contribution in [1.82, 2.24) is 14.5 Å². The van der Waals surface area contributed by atoms with Crippen molar-refractivity contribution >= 4 is 11.7 Å². The summed E-state index contributed by atoms with van der Waals surface area (Å²) in [5.41, 5.74) is 0.869. The molecule has 5 nitrogen and oxygen atoms in total. The molecule has 8 heteroatoms. The Morgan fingerprint density at radius 1 is 1.34 bits per heavy atom. The number of carbonyl (C=O) groups excluding carboxylic acids is 1. The lowest BCUT2D eigenvalue weighted by Gasteiger charge is -2.57. The molecule has 0 radical (unpaired) electrons. The second-order valence-electron chi connectivity index (χ2n) is 9.41. The SMILES string of the molecule is CC1(C)C2CC=C(CN(CCCn3ccnc3)C(=O)Nc3cccc(C(F)(F)F)c3)C1C2. The van der Waals surface area contributed by atoms with Crippen LogP contribution in [0.3, 0.4) is 0 Å². The number of fused-ring (bicyclic) bond motifs is 1.